The number of likely N-dealkylation sites (N-methyl/N-ethyl adjacent to an activating group) is 1. The third-order valence-electron chi connectivity index (χ3n) is 6.14. The van der Waals surface area contributed by atoms with Crippen molar-refractivity contribution in [3.63, 3.8) is 0 Å². The van der Waals surface area contributed by atoms with Gasteiger partial charge in [0.2, 0.25) is 5.72 Å². The van der Waals surface area contributed by atoms with Crippen LogP contribution < -0.4 is 9.64 Å². The van der Waals surface area contributed by atoms with Gasteiger partial charge in [0.15, 0.2) is 0 Å². The van der Waals surface area contributed by atoms with Crippen LogP contribution in [0.25, 0.3) is 17.0 Å². The molecule has 1 atom stereocenters. The first-order valence-electron chi connectivity index (χ1n) is 9.07. The van der Waals surface area contributed by atoms with Crippen LogP contribution in [0, 0.1) is 6.92 Å². The van der Waals surface area contributed by atoms with E-state index >= 15 is 0 Å². The average molecular weight is 342 g/mol. The van der Waals surface area contributed by atoms with Crippen molar-refractivity contribution in [1.29, 1.82) is 0 Å². The SMILES string of the molecule is Cc1nc2ccccc2c2c1C=CC1(O2)N(C)c2ccccc2C1(C)C. The molecule has 2 aliphatic heterocycles. The fourth-order valence-electron chi connectivity index (χ4n) is 4.61. The molecule has 26 heavy (non-hydrogen) atoms. The standard InChI is InChI=1S/C23H22N2O/c1-15-16-13-14-23(26-21(16)17-9-5-7-11-19(17)24-15)22(2,3)18-10-6-8-12-20(18)25(23)4/h5-14H,1-4H3. The van der Waals surface area contributed by atoms with E-state index in [2.05, 4.69) is 81.3 Å². The number of pyridine rings is 1. The predicted octanol–water partition coefficient (Wildman–Crippen LogP) is 5.07. The molecular formula is C23H22N2O. The lowest BCUT2D eigenvalue weighted by atomic mass is 9.76. The Hall–Kier alpha value is -2.81. The zero-order valence-electron chi connectivity index (χ0n) is 15.6. The quantitative estimate of drug-likeness (QED) is 0.570. The monoisotopic (exact) mass is 342 g/mol. The van der Waals surface area contributed by atoms with Crippen molar-refractivity contribution >= 4 is 22.7 Å². The summed E-state index contributed by atoms with van der Waals surface area (Å²) in [6.07, 6.45) is 4.40. The van der Waals surface area contributed by atoms with Crippen molar-refractivity contribution in [3.05, 3.63) is 71.4 Å². The normalized spacial score (nSPS) is 22.4. The zero-order valence-corrected chi connectivity index (χ0v) is 15.6. The lowest BCUT2D eigenvalue weighted by Gasteiger charge is -2.46. The van der Waals surface area contributed by atoms with E-state index in [9.17, 15) is 0 Å². The Bertz CT molecular complexity index is 1080. The van der Waals surface area contributed by atoms with Crippen molar-refractivity contribution in [2.75, 3.05) is 11.9 Å². The van der Waals surface area contributed by atoms with Gasteiger partial charge in [-0.25, -0.2) is 0 Å². The van der Waals surface area contributed by atoms with Gasteiger partial charge in [-0.15, -0.1) is 0 Å². The molecule has 3 heteroatoms. The number of fused-ring (bicyclic) bond motifs is 4. The summed E-state index contributed by atoms with van der Waals surface area (Å²) in [5.41, 5.74) is 4.84. The Labute approximate surface area is 153 Å². The second-order valence-electron chi connectivity index (χ2n) is 7.79. The lowest BCUT2D eigenvalue weighted by Crippen LogP contribution is -2.58. The molecule has 0 saturated carbocycles. The summed E-state index contributed by atoms with van der Waals surface area (Å²) in [7, 11) is 2.12. The molecule has 2 aliphatic rings. The van der Waals surface area contributed by atoms with Gasteiger partial charge in [-0.2, -0.15) is 0 Å². The van der Waals surface area contributed by atoms with E-state index in [1.807, 2.05) is 12.1 Å². The molecule has 0 saturated heterocycles. The van der Waals surface area contributed by atoms with Crippen LogP contribution in [0.2, 0.25) is 0 Å². The van der Waals surface area contributed by atoms with Gasteiger partial charge in [0.25, 0.3) is 0 Å². The fourth-order valence-corrected chi connectivity index (χ4v) is 4.61. The van der Waals surface area contributed by atoms with Gasteiger partial charge >= 0.3 is 0 Å². The smallest absolute Gasteiger partial charge is 0.211 e. The first kappa shape index (κ1) is 15.4. The van der Waals surface area contributed by atoms with E-state index in [0.717, 1.165) is 27.9 Å². The number of hydrogen-bond donors (Lipinski definition) is 0. The lowest BCUT2D eigenvalue weighted by molar-refractivity contribution is 0.0597. The summed E-state index contributed by atoms with van der Waals surface area (Å²) in [4.78, 5) is 7.02. The number of aromatic nitrogens is 1. The summed E-state index contributed by atoms with van der Waals surface area (Å²) in [5.74, 6) is 0.934. The van der Waals surface area contributed by atoms with E-state index in [4.69, 9.17) is 9.72 Å². The van der Waals surface area contributed by atoms with Crippen LogP contribution in [0.3, 0.4) is 0 Å². The van der Waals surface area contributed by atoms with Gasteiger partial charge in [0.05, 0.1) is 10.9 Å². The summed E-state index contributed by atoms with van der Waals surface area (Å²) >= 11 is 0. The van der Waals surface area contributed by atoms with Crippen molar-refractivity contribution in [1.82, 2.24) is 4.98 Å². The van der Waals surface area contributed by atoms with Gasteiger partial charge in [-0.3, -0.25) is 4.98 Å². The molecule has 0 N–H and O–H groups in total. The predicted molar refractivity (Wildman–Crippen MR) is 107 cm³/mol. The Kier molecular flexibility index (Phi) is 2.90. The van der Waals surface area contributed by atoms with Gasteiger partial charge in [0, 0.05) is 29.4 Å². The van der Waals surface area contributed by atoms with Crippen LogP contribution in [0.1, 0.15) is 30.7 Å². The van der Waals surface area contributed by atoms with Crippen LogP contribution in [-0.2, 0) is 5.41 Å². The summed E-state index contributed by atoms with van der Waals surface area (Å²) in [6.45, 7) is 6.58. The highest BCUT2D eigenvalue weighted by Gasteiger charge is 2.57. The van der Waals surface area contributed by atoms with Crippen molar-refractivity contribution in [2.24, 2.45) is 0 Å². The molecule has 0 aliphatic carbocycles. The average Bonchev–Trinajstić information content (AvgIpc) is 2.81. The van der Waals surface area contributed by atoms with Crippen LogP contribution >= 0.6 is 0 Å². The van der Waals surface area contributed by atoms with Crippen LogP contribution in [0.15, 0.2) is 54.6 Å². The molecule has 1 aromatic heterocycles. The minimum Gasteiger partial charge on any atom is -0.462 e. The van der Waals surface area contributed by atoms with Gasteiger partial charge in [0.1, 0.15) is 5.75 Å². The third kappa shape index (κ3) is 1.70. The Balaban J connectivity index is 1.78. The zero-order chi connectivity index (χ0) is 18.1. The number of anilines is 1. The maximum absolute atomic E-state index is 6.88. The molecule has 5 rings (SSSR count). The highest BCUT2D eigenvalue weighted by atomic mass is 16.5. The first-order valence-corrected chi connectivity index (χ1v) is 9.07. The van der Waals surface area contributed by atoms with Crippen LogP contribution in [0.5, 0.6) is 5.75 Å². The number of nitrogens with zero attached hydrogens (tertiary/aromatic N) is 2. The van der Waals surface area contributed by atoms with E-state index in [0.29, 0.717) is 0 Å². The number of aryl methyl sites for hydroxylation is 1. The minimum absolute atomic E-state index is 0.190. The molecular weight excluding hydrogens is 320 g/mol. The van der Waals surface area contributed by atoms with Crippen LogP contribution in [-0.4, -0.2) is 17.8 Å². The molecule has 2 aromatic carbocycles. The molecule has 0 radical (unpaired) electrons. The van der Waals surface area contributed by atoms with Crippen molar-refractivity contribution in [3.8, 4) is 5.75 Å². The Morgan fingerprint density at radius 1 is 1.00 bits per heavy atom. The van der Waals surface area contributed by atoms with E-state index in [-0.39, 0.29) is 5.41 Å². The Morgan fingerprint density at radius 3 is 2.54 bits per heavy atom. The van der Waals surface area contributed by atoms with Gasteiger partial charge in [-0.05, 0) is 56.7 Å². The van der Waals surface area contributed by atoms with Crippen molar-refractivity contribution < 1.29 is 4.74 Å². The summed E-state index contributed by atoms with van der Waals surface area (Å²) in [5, 5.41) is 1.07. The summed E-state index contributed by atoms with van der Waals surface area (Å²) in [6, 6.07) is 16.8. The summed E-state index contributed by atoms with van der Waals surface area (Å²) < 4.78 is 6.88. The fraction of sp³-hybridized carbons (Fsp3) is 0.261. The number of ether oxygens (including phenoxy) is 1. The largest absolute Gasteiger partial charge is 0.462 e. The molecule has 0 amide bonds. The molecule has 3 heterocycles. The highest BCUT2D eigenvalue weighted by Crippen LogP contribution is 2.55. The van der Waals surface area contributed by atoms with E-state index < -0.39 is 5.72 Å². The Morgan fingerprint density at radius 2 is 1.73 bits per heavy atom. The van der Waals surface area contributed by atoms with Gasteiger partial charge in [-0.1, -0.05) is 30.3 Å². The van der Waals surface area contributed by atoms with E-state index in [1.54, 1.807) is 0 Å². The topological polar surface area (TPSA) is 25.4 Å². The number of rotatable bonds is 0. The van der Waals surface area contributed by atoms with Gasteiger partial charge < -0.3 is 9.64 Å². The second kappa shape index (κ2) is 4.88. The molecule has 0 fully saturated rings. The molecule has 3 aromatic rings. The second-order valence-corrected chi connectivity index (χ2v) is 7.79. The number of para-hydroxylation sites is 2. The maximum Gasteiger partial charge on any atom is 0.211 e. The molecule has 1 spiro atoms. The molecule has 1 unspecified atom stereocenters. The molecule has 3 nitrogen and oxygen atoms in total. The maximum atomic E-state index is 6.88. The molecule has 0 bridgehead atoms. The van der Waals surface area contributed by atoms with Crippen molar-refractivity contribution in [2.45, 2.75) is 31.9 Å². The first-order chi connectivity index (χ1) is 12.5. The third-order valence-corrected chi connectivity index (χ3v) is 6.14. The van der Waals surface area contributed by atoms with Crippen LogP contribution in [0.4, 0.5) is 5.69 Å². The van der Waals surface area contributed by atoms with E-state index in [1.165, 1.54) is 11.3 Å². The molecule has 130 valence electrons. The highest BCUT2D eigenvalue weighted by molar-refractivity contribution is 5.91. The number of hydrogen-bond acceptors (Lipinski definition) is 3. The minimum atomic E-state index is -0.555. The number of benzene rings is 2.